The van der Waals surface area contributed by atoms with Crippen molar-refractivity contribution in [2.24, 2.45) is 16.1 Å². The maximum Gasteiger partial charge on any atom is 0.264 e. The number of hydrogen-bond donors (Lipinski definition) is 1. The van der Waals surface area contributed by atoms with Gasteiger partial charge in [0, 0.05) is 49.9 Å². The molecule has 7 aromatic rings. The quantitative estimate of drug-likeness (QED) is 0.0998. The SMILES string of the molecule is COc1ccc([Si](C)(C)[C@H]2[C@H](CCn3cc(C(CO)c4ccccc4)nn3)O[C@@]3(C(=O)N(Cc4ccc(N5N=C(c6ccccc6)CCC5=O)cc4)c4ccc(N5N=C(c6ccccc6)CCC5=O)cc43)[C@@H]2C)cc1. The van der Waals surface area contributed by atoms with E-state index in [9.17, 15) is 14.7 Å². The summed E-state index contributed by atoms with van der Waals surface area (Å²) in [6, 6.07) is 51.4. The normalized spacial score (nSPS) is 21.1. The summed E-state index contributed by atoms with van der Waals surface area (Å²) in [6.45, 7) is 7.42. The molecule has 4 aliphatic heterocycles. The minimum atomic E-state index is -2.57. The van der Waals surface area contributed by atoms with Crippen molar-refractivity contribution in [2.45, 2.75) is 88.4 Å². The number of methoxy groups -OCH3 is 1. The highest BCUT2D eigenvalue weighted by atomic mass is 28.3. The highest BCUT2D eigenvalue weighted by molar-refractivity contribution is 6.91. The highest BCUT2D eigenvalue weighted by Gasteiger charge is 2.66. The molecule has 1 N–H and O–H groups in total. The van der Waals surface area contributed by atoms with Crippen LogP contribution in [0.25, 0.3) is 0 Å². The monoisotopic (exact) mass is 1020 g/mol. The Morgan fingerprint density at radius 3 is 1.92 bits per heavy atom. The third-order valence-electron chi connectivity index (χ3n) is 15.8. The fourth-order valence-electron chi connectivity index (χ4n) is 11.9. The average Bonchev–Trinajstić information content (AvgIpc) is 4.12. The number of hydrazone groups is 2. The van der Waals surface area contributed by atoms with Crippen molar-refractivity contribution in [3.63, 3.8) is 0 Å². The molecule has 14 nitrogen and oxygen atoms in total. The predicted octanol–water partition coefficient (Wildman–Crippen LogP) is 9.33. The number of aliphatic hydroxyl groups is 1. The third kappa shape index (κ3) is 9.18. The van der Waals surface area contributed by atoms with Gasteiger partial charge in [-0.1, -0.05) is 146 Å². The number of anilines is 3. The van der Waals surface area contributed by atoms with Crippen LogP contribution in [0.2, 0.25) is 18.6 Å². The van der Waals surface area contributed by atoms with Crippen LogP contribution in [0.5, 0.6) is 5.75 Å². The van der Waals surface area contributed by atoms with Crippen molar-refractivity contribution < 1.29 is 29.0 Å². The lowest BCUT2D eigenvalue weighted by Gasteiger charge is -2.37. The van der Waals surface area contributed by atoms with Gasteiger partial charge in [0.2, 0.25) is 11.8 Å². The van der Waals surface area contributed by atoms with Gasteiger partial charge in [-0.15, -0.1) is 5.10 Å². The second-order valence-electron chi connectivity index (χ2n) is 20.5. The molecule has 15 heteroatoms. The molecular formula is C60H60N8O6Si. The van der Waals surface area contributed by atoms with E-state index in [0.29, 0.717) is 60.5 Å². The van der Waals surface area contributed by atoms with Crippen LogP contribution in [0.3, 0.4) is 0 Å². The maximum atomic E-state index is 16.0. The minimum absolute atomic E-state index is 0.0837. The first-order valence-electron chi connectivity index (χ1n) is 25.8. The lowest BCUT2D eigenvalue weighted by Crippen LogP contribution is -2.51. The summed E-state index contributed by atoms with van der Waals surface area (Å²) in [4.78, 5) is 45.1. The fourth-order valence-corrected chi connectivity index (χ4v) is 15.9. The Hall–Kier alpha value is -7.85. The summed E-state index contributed by atoms with van der Waals surface area (Å²) < 4.78 is 15.0. The first kappa shape index (κ1) is 49.4. The van der Waals surface area contributed by atoms with E-state index in [1.807, 2.05) is 161 Å². The molecule has 0 aliphatic carbocycles. The molecule has 1 fully saturated rings. The number of nitrogens with zero attached hydrogens (tertiary/aromatic N) is 8. The van der Waals surface area contributed by atoms with E-state index in [4.69, 9.17) is 19.7 Å². The number of hydrogen-bond acceptors (Lipinski definition) is 10. The number of benzene rings is 6. The average molecular weight is 1020 g/mol. The van der Waals surface area contributed by atoms with E-state index in [2.05, 4.69) is 42.5 Å². The van der Waals surface area contributed by atoms with Crippen LogP contribution in [-0.4, -0.2) is 77.1 Å². The van der Waals surface area contributed by atoms with Crippen molar-refractivity contribution in [2.75, 3.05) is 28.6 Å². The number of amides is 3. The smallest absolute Gasteiger partial charge is 0.264 e. The summed E-state index contributed by atoms with van der Waals surface area (Å²) in [5.74, 6) is -0.316. The van der Waals surface area contributed by atoms with Crippen molar-refractivity contribution in [3.05, 3.63) is 197 Å². The molecule has 5 atom stereocenters. The molecule has 380 valence electrons. The van der Waals surface area contributed by atoms with Crippen LogP contribution in [-0.2, 0) is 37.8 Å². The molecule has 0 saturated carbocycles. The van der Waals surface area contributed by atoms with Crippen molar-refractivity contribution in [3.8, 4) is 5.75 Å². The number of ether oxygens (including phenoxy) is 2. The van der Waals surface area contributed by atoms with E-state index in [-0.39, 0.29) is 54.7 Å². The molecular weight excluding hydrogens is 957 g/mol. The van der Waals surface area contributed by atoms with Gasteiger partial charge in [0.25, 0.3) is 5.91 Å². The Balaban J connectivity index is 0.978. The van der Waals surface area contributed by atoms with E-state index in [1.165, 1.54) is 15.2 Å². The summed E-state index contributed by atoms with van der Waals surface area (Å²) in [5.41, 5.74) is 7.09. The van der Waals surface area contributed by atoms with E-state index in [1.54, 1.807) is 7.11 Å². The van der Waals surface area contributed by atoms with Gasteiger partial charge >= 0.3 is 0 Å². The maximum absolute atomic E-state index is 16.0. The second-order valence-corrected chi connectivity index (χ2v) is 25.2. The summed E-state index contributed by atoms with van der Waals surface area (Å²) in [6.07, 6.45) is 3.70. The molecule has 1 unspecified atom stereocenters. The lowest BCUT2D eigenvalue weighted by atomic mass is 9.82. The zero-order chi connectivity index (χ0) is 51.8. The van der Waals surface area contributed by atoms with Gasteiger partial charge in [-0.25, -0.2) is 10.0 Å². The molecule has 6 aromatic carbocycles. The molecule has 4 aliphatic rings. The molecule has 1 saturated heterocycles. The Kier molecular flexibility index (Phi) is 13.5. The van der Waals surface area contributed by atoms with E-state index >= 15 is 4.79 Å². The summed E-state index contributed by atoms with van der Waals surface area (Å²) >= 11 is 0. The van der Waals surface area contributed by atoms with E-state index < -0.39 is 19.8 Å². The molecule has 1 spiro atoms. The van der Waals surface area contributed by atoms with Crippen molar-refractivity contribution >= 4 is 59.5 Å². The number of fused-ring (bicyclic) bond motifs is 2. The largest absolute Gasteiger partial charge is 0.497 e. The summed E-state index contributed by atoms with van der Waals surface area (Å²) in [5, 5.41) is 33.5. The third-order valence-corrected chi connectivity index (χ3v) is 20.2. The fraction of sp³-hybridized carbons (Fsp3) is 0.283. The Morgan fingerprint density at radius 2 is 1.32 bits per heavy atom. The predicted molar refractivity (Wildman–Crippen MR) is 293 cm³/mol. The van der Waals surface area contributed by atoms with Gasteiger partial charge in [0.15, 0.2) is 5.60 Å². The van der Waals surface area contributed by atoms with Crippen molar-refractivity contribution in [1.82, 2.24) is 15.0 Å². The van der Waals surface area contributed by atoms with Gasteiger partial charge in [-0.3, -0.25) is 19.1 Å². The van der Waals surface area contributed by atoms with Crippen LogP contribution in [0.15, 0.2) is 174 Å². The molecule has 1 aromatic heterocycles. The van der Waals surface area contributed by atoms with E-state index in [0.717, 1.165) is 39.4 Å². The lowest BCUT2D eigenvalue weighted by molar-refractivity contribution is -0.146. The first-order valence-corrected chi connectivity index (χ1v) is 28.9. The number of aryl methyl sites for hydroxylation is 1. The number of aliphatic hydroxyl groups excluding tert-OH is 1. The highest BCUT2D eigenvalue weighted by Crippen LogP contribution is 2.60. The standard InChI is InChI=1S/C60H60N8O6Si/c1-40-58(75(3,4)48-27-25-47(73-2)26-28-48)55(34-35-65-38-53(61-64-65)49(39-69)42-14-8-5-9-15-42)74-60(40)50-36-46(68-57(71)33-30-52(63-68)44-18-12-7-13-19-44)24-31-54(50)66(59(60)72)37-41-20-22-45(23-21-41)67-56(70)32-29-51(62-67)43-16-10-6-11-17-43/h5-28,31,36,38,40,49,55,58,69H,29-30,32-35,37,39H2,1-4H3/t40-,49?,55+,58-,60+/m1/s1. The molecule has 11 rings (SSSR count). The zero-order valence-corrected chi connectivity index (χ0v) is 43.6. The van der Waals surface area contributed by atoms with Crippen LogP contribution >= 0.6 is 0 Å². The second kappa shape index (κ2) is 20.5. The molecule has 0 radical (unpaired) electrons. The van der Waals surface area contributed by atoms with Crippen LogP contribution in [0.1, 0.15) is 78.5 Å². The molecule has 0 bridgehead atoms. The minimum Gasteiger partial charge on any atom is -0.497 e. The Labute approximate surface area is 437 Å². The van der Waals surface area contributed by atoms with Gasteiger partial charge in [-0.2, -0.15) is 10.2 Å². The number of carbonyl (C=O) groups is 3. The Bertz CT molecular complexity index is 3300. The van der Waals surface area contributed by atoms with Crippen LogP contribution in [0, 0.1) is 5.92 Å². The number of carbonyl (C=O) groups excluding carboxylic acids is 3. The topological polar surface area (TPSA) is 155 Å². The van der Waals surface area contributed by atoms with Gasteiger partial charge in [-0.05, 0) is 76.7 Å². The van der Waals surface area contributed by atoms with Gasteiger partial charge < -0.3 is 19.5 Å². The summed E-state index contributed by atoms with van der Waals surface area (Å²) in [7, 11) is -0.903. The number of aromatic nitrogens is 3. The number of rotatable bonds is 15. The first-order chi connectivity index (χ1) is 36.5. The zero-order valence-electron chi connectivity index (χ0n) is 42.6. The molecule has 5 heterocycles. The van der Waals surface area contributed by atoms with Crippen LogP contribution in [0.4, 0.5) is 17.1 Å². The van der Waals surface area contributed by atoms with Crippen molar-refractivity contribution in [1.29, 1.82) is 0 Å². The Morgan fingerprint density at radius 1 is 0.733 bits per heavy atom. The van der Waals surface area contributed by atoms with Gasteiger partial charge in [0.05, 0.1) is 74.5 Å². The molecule has 3 amide bonds. The van der Waals surface area contributed by atoms with Crippen LogP contribution < -0.4 is 24.8 Å². The van der Waals surface area contributed by atoms with Gasteiger partial charge in [0.1, 0.15) is 5.75 Å². The molecule has 75 heavy (non-hydrogen) atoms.